The second-order valence-corrected chi connectivity index (χ2v) is 5.22. The molecule has 0 unspecified atom stereocenters. The van der Waals surface area contributed by atoms with Crippen molar-refractivity contribution in [3.63, 3.8) is 0 Å². The molecule has 2 aromatic rings. The number of pyridine rings is 1. The fourth-order valence-corrected chi connectivity index (χ4v) is 2.16. The summed E-state index contributed by atoms with van der Waals surface area (Å²) in [5, 5.41) is 4.70. The second-order valence-electron chi connectivity index (χ2n) is 5.22. The molecule has 1 heterocycles. The first-order valence-corrected chi connectivity index (χ1v) is 7.61. The van der Waals surface area contributed by atoms with Crippen molar-refractivity contribution in [1.82, 2.24) is 10.3 Å². The minimum Gasteiger partial charge on any atom is -0.494 e. The fraction of sp³-hybridized carbons (Fsp3) is 0.294. The first kappa shape index (κ1) is 18.6. The van der Waals surface area contributed by atoms with Gasteiger partial charge in [0.05, 0.1) is 30.1 Å². The third kappa shape index (κ3) is 5.37. The Hall–Kier alpha value is -2.77. The predicted molar refractivity (Wildman–Crippen MR) is 87.4 cm³/mol. The number of nitrogens with one attached hydrogen (secondary N) is 2. The molecular weight excluding hydrogens is 335 g/mol. The number of carbonyl (C=O) groups excluding carboxylic acids is 1. The number of halogens is 3. The number of nitrogens with zero attached hydrogens (tertiary/aromatic N) is 1. The predicted octanol–water partition coefficient (Wildman–Crippen LogP) is 4.13. The molecule has 0 aliphatic heterocycles. The number of carbonyl (C=O) groups is 1. The number of ether oxygens (including phenoxy) is 1. The van der Waals surface area contributed by atoms with Crippen LogP contribution in [0.2, 0.25) is 0 Å². The lowest BCUT2D eigenvalue weighted by atomic mass is 10.1. The maximum atomic E-state index is 13.2. The Morgan fingerprint density at radius 3 is 2.64 bits per heavy atom. The van der Waals surface area contributed by atoms with E-state index in [1.807, 2.05) is 0 Å². The molecule has 0 saturated heterocycles. The molecule has 134 valence electrons. The van der Waals surface area contributed by atoms with Crippen molar-refractivity contribution in [2.75, 3.05) is 11.9 Å². The number of benzene rings is 1. The number of amides is 2. The highest BCUT2D eigenvalue weighted by Gasteiger charge is 2.34. The topological polar surface area (TPSA) is 63.2 Å². The Labute approximate surface area is 143 Å². The Kier molecular flexibility index (Phi) is 5.84. The van der Waals surface area contributed by atoms with Crippen LogP contribution in [0.5, 0.6) is 5.75 Å². The van der Waals surface area contributed by atoms with Gasteiger partial charge in [0.1, 0.15) is 5.75 Å². The lowest BCUT2D eigenvalue weighted by Gasteiger charge is -2.16. The zero-order chi connectivity index (χ0) is 18.4. The Balaban J connectivity index is 2.09. The van der Waals surface area contributed by atoms with Gasteiger partial charge in [0.2, 0.25) is 0 Å². The summed E-state index contributed by atoms with van der Waals surface area (Å²) in [5.41, 5.74) is 0.0800. The summed E-state index contributed by atoms with van der Waals surface area (Å²) in [5.74, 6) is 0.0877. The summed E-state index contributed by atoms with van der Waals surface area (Å²) >= 11 is 0. The second kappa shape index (κ2) is 7.87. The highest BCUT2D eigenvalue weighted by Crippen LogP contribution is 2.37. The molecule has 5 nitrogen and oxygen atoms in total. The Morgan fingerprint density at radius 1 is 1.24 bits per heavy atom. The first-order valence-electron chi connectivity index (χ1n) is 7.61. The summed E-state index contributed by atoms with van der Waals surface area (Å²) in [6, 6.07) is 7.95. The van der Waals surface area contributed by atoms with Gasteiger partial charge in [0.25, 0.3) is 0 Å². The summed E-state index contributed by atoms with van der Waals surface area (Å²) in [7, 11) is 0. The van der Waals surface area contributed by atoms with Crippen molar-refractivity contribution in [2.45, 2.75) is 26.6 Å². The van der Waals surface area contributed by atoms with E-state index in [-0.39, 0.29) is 24.6 Å². The van der Waals surface area contributed by atoms with E-state index in [2.05, 4.69) is 15.6 Å². The van der Waals surface area contributed by atoms with E-state index in [9.17, 15) is 18.0 Å². The van der Waals surface area contributed by atoms with Crippen molar-refractivity contribution in [2.24, 2.45) is 0 Å². The number of hydrogen-bond acceptors (Lipinski definition) is 3. The molecule has 2 N–H and O–H groups in total. The lowest BCUT2D eigenvalue weighted by molar-refractivity contribution is -0.137. The van der Waals surface area contributed by atoms with Crippen molar-refractivity contribution >= 4 is 11.7 Å². The molecule has 0 aliphatic rings. The van der Waals surface area contributed by atoms with Gasteiger partial charge in [-0.15, -0.1) is 0 Å². The SMILES string of the molecule is CCOc1ccc(NC(=O)NCc2cccc(C)n2)c(C(F)(F)F)c1. The highest BCUT2D eigenvalue weighted by molar-refractivity contribution is 5.90. The Morgan fingerprint density at radius 2 is 2.00 bits per heavy atom. The van der Waals surface area contributed by atoms with Crippen LogP contribution in [0.4, 0.5) is 23.7 Å². The van der Waals surface area contributed by atoms with Gasteiger partial charge in [-0.25, -0.2) is 4.79 Å². The molecule has 2 amide bonds. The average Bonchev–Trinajstić information content (AvgIpc) is 2.54. The minimum atomic E-state index is -4.62. The van der Waals surface area contributed by atoms with E-state index in [4.69, 9.17) is 4.74 Å². The van der Waals surface area contributed by atoms with E-state index in [1.165, 1.54) is 6.07 Å². The molecule has 0 aliphatic carbocycles. The van der Waals surface area contributed by atoms with Gasteiger partial charge in [-0.3, -0.25) is 4.98 Å². The maximum absolute atomic E-state index is 13.2. The molecule has 0 spiro atoms. The normalized spacial score (nSPS) is 11.1. The number of anilines is 1. The van der Waals surface area contributed by atoms with Crippen LogP contribution in [-0.4, -0.2) is 17.6 Å². The van der Waals surface area contributed by atoms with Crippen molar-refractivity contribution in [1.29, 1.82) is 0 Å². The standard InChI is InChI=1S/C17H18F3N3O2/c1-3-25-13-7-8-15(14(9-13)17(18,19)20)23-16(24)21-10-12-6-4-5-11(2)22-12/h4-9H,3,10H2,1-2H3,(H2,21,23,24). The molecular formula is C17H18F3N3O2. The zero-order valence-electron chi connectivity index (χ0n) is 13.8. The molecule has 25 heavy (non-hydrogen) atoms. The molecule has 2 rings (SSSR count). The molecule has 8 heteroatoms. The van der Waals surface area contributed by atoms with Crippen LogP contribution in [0.1, 0.15) is 23.9 Å². The van der Waals surface area contributed by atoms with Gasteiger partial charge >= 0.3 is 12.2 Å². The van der Waals surface area contributed by atoms with Crippen LogP contribution in [0.25, 0.3) is 0 Å². The van der Waals surface area contributed by atoms with Gasteiger partial charge in [-0.05, 0) is 44.2 Å². The van der Waals surface area contributed by atoms with E-state index in [1.54, 1.807) is 32.0 Å². The quantitative estimate of drug-likeness (QED) is 0.850. The molecule has 1 aromatic carbocycles. The number of hydrogen-bond donors (Lipinski definition) is 2. The first-order chi connectivity index (χ1) is 11.8. The Bertz CT molecular complexity index is 748. The minimum absolute atomic E-state index is 0.0877. The van der Waals surface area contributed by atoms with Crippen LogP contribution in [0.3, 0.4) is 0 Å². The molecule has 0 fully saturated rings. The summed E-state index contributed by atoms with van der Waals surface area (Å²) < 4.78 is 44.6. The number of rotatable bonds is 5. The average molecular weight is 353 g/mol. The molecule has 0 radical (unpaired) electrons. The number of aryl methyl sites for hydroxylation is 1. The third-order valence-corrected chi connectivity index (χ3v) is 3.23. The summed E-state index contributed by atoms with van der Waals surface area (Å²) in [4.78, 5) is 16.1. The van der Waals surface area contributed by atoms with Gasteiger partial charge in [-0.1, -0.05) is 6.07 Å². The molecule has 0 bridgehead atoms. The molecule has 1 aromatic heterocycles. The van der Waals surface area contributed by atoms with Gasteiger partial charge in [-0.2, -0.15) is 13.2 Å². The van der Waals surface area contributed by atoms with Crippen LogP contribution in [0.15, 0.2) is 36.4 Å². The van der Waals surface area contributed by atoms with Crippen LogP contribution >= 0.6 is 0 Å². The summed E-state index contributed by atoms with van der Waals surface area (Å²) in [6.07, 6.45) is -4.62. The lowest BCUT2D eigenvalue weighted by Crippen LogP contribution is -2.29. The number of urea groups is 1. The largest absolute Gasteiger partial charge is 0.494 e. The van der Waals surface area contributed by atoms with E-state index >= 15 is 0 Å². The van der Waals surface area contributed by atoms with Crippen molar-refractivity contribution in [3.8, 4) is 5.75 Å². The van der Waals surface area contributed by atoms with Gasteiger partial charge < -0.3 is 15.4 Å². The van der Waals surface area contributed by atoms with Crippen LogP contribution in [-0.2, 0) is 12.7 Å². The monoisotopic (exact) mass is 353 g/mol. The third-order valence-electron chi connectivity index (χ3n) is 3.23. The number of aromatic nitrogens is 1. The van der Waals surface area contributed by atoms with E-state index in [0.717, 1.165) is 17.8 Å². The highest BCUT2D eigenvalue weighted by atomic mass is 19.4. The van der Waals surface area contributed by atoms with Crippen molar-refractivity contribution in [3.05, 3.63) is 53.3 Å². The molecule has 0 saturated carbocycles. The summed E-state index contributed by atoms with van der Waals surface area (Å²) in [6.45, 7) is 3.82. The number of alkyl halides is 3. The zero-order valence-corrected chi connectivity index (χ0v) is 13.8. The van der Waals surface area contributed by atoms with Crippen molar-refractivity contribution < 1.29 is 22.7 Å². The van der Waals surface area contributed by atoms with Crippen LogP contribution in [0, 0.1) is 6.92 Å². The van der Waals surface area contributed by atoms with Crippen LogP contribution < -0.4 is 15.4 Å². The van der Waals surface area contributed by atoms with E-state index < -0.39 is 17.8 Å². The van der Waals surface area contributed by atoms with Gasteiger partial charge in [0.15, 0.2) is 0 Å². The fourth-order valence-electron chi connectivity index (χ4n) is 2.16. The van der Waals surface area contributed by atoms with E-state index in [0.29, 0.717) is 5.69 Å². The smallest absolute Gasteiger partial charge is 0.418 e. The maximum Gasteiger partial charge on any atom is 0.418 e. The van der Waals surface area contributed by atoms with Gasteiger partial charge in [0, 0.05) is 5.69 Å². The molecule has 0 atom stereocenters.